The molecule has 12 heteroatoms. The molecule has 2 aromatic rings. The van der Waals surface area contributed by atoms with E-state index in [1.807, 2.05) is 0 Å². The van der Waals surface area contributed by atoms with Crippen molar-refractivity contribution in [3.63, 3.8) is 0 Å². The third-order valence-corrected chi connectivity index (χ3v) is 5.00. The van der Waals surface area contributed by atoms with Gasteiger partial charge in [0.1, 0.15) is 24.7 Å². The lowest BCUT2D eigenvalue weighted by atomic mass is 10.3. The second kappa shape index (κ2) is 15.7. The highest BCUT2D eigenvalue weighted by Gasteiger charge is 2.22. The van der Waals surface area contributed by atoms with E-state index in [-0.39, 0.29) is 30.3 Å². The summed E-state index contributed by atoms with van der Waals surface area (Å²) in [6.45, 7) is 4.61. The zero-order valence-corrected chi connectivity index (χ0v) is 21.2. The lowest BCUT2D eigenvalue weighted by Crippen LogP contribution is -3.05. The van der Waals surface area contributed by atoms with Crippen LogP contribution in [0, 0.1) is 15.6 Å². The van der Waals surface area contributed by atoms with Crippen LogP contribution in [0.25, 0.3) is 0 Å². The number of benzene rings is 2. The normalized spacial score (nSPS) is 15.4. The molecule has 4 atom stereocenters. The number of methoxy groups -OCH3 is 3. The number of quaternary nitrogens is 3. The third-order valence-electron chi connectivity index (χ3n) is 5.00. The van der Waals surface area contributed by atoms with Gasteiger partial charge in [0.15, 0.2) is 23.2 Å². The van der Waals surface area contributed by atoms with Crippen LogP contribution in [0.3, 0.4) is 0 Å². The summed E-state index contributed by atoms with van der Waals surface area (Å²) in [4.78, 5) is 16.1. The molecule has 0 spiro atoms. The predicted octanol–water partition coefficient (Wildman–Crippen LogP) is 0.599. The average Bonchev–Trinajstić information content (AvgIpc) is 2.94. The molecule has 202 valence electrons. The minimum atomic E-state index is -1.08. The second-order valence-electron chi connectivity index (χ2n) is 7.49. The lowest BCUT2D eigenvalue weighted by Gasteiger charge is -2.28. The van der Waals surface area contributed by atoms with Crippen LogP contribution < -0.4 is 25.2 Å². The zero-order valence-electron chi connectivity index (χ0n) is 21.2. The number of ether oxygens (including phenoxy) is 3. The van der Waals surface area contributed by atoms with Gasteiger partial charge in [-0.2, -0.15) is 30.2 Å². The summed E-state index contributed by atoms with van der Waals surface area (Å²) >= 11 is 0. The zero-order chi connectivity index (χ0) is 27.2. The van der Waals surface area contributed by atoms with Crippen LogP contribution in [-0.2, 0) is 19.2 Å². The maximum absolute atomic E-state index is 12.7. The first-order chi connectivity index (χ1) is 17.8. The van der Waals surface area contributed by atoms with Gasteiger partial charge >= 0.3 is 0 Å². The van der Waals surface area contributed by atoms with Gasteiger partial charge in [0.05, 0.1) is 27.1 Å². The molecule has 0 aliphatic heterocycles. The van der Waals surface area contributed by atoms with Crippen LogP contribution in [0.1, 0.15) is 6.92 Å². The van der Waals surface area contributed by atoms with Gasteiger partial charge in [-0.3, -0.25) is 0 Å². The maximum Gasteiger partial charge on any atom is 0.176 e. The van der Waals surface area contributed by atoms with Crippen LogP contribution in [0.4, 0.5) is 11.4 Å². The molecular weight excluding hydrogens is 486 g/mol. The van der Waals surface area contributed by atoms with Crippen molar-refractivity contribution in [1.29, 1.82) is 0 Å². The Balaban J connectivity index is 2.10. The molecular formula is C25H33N3O9. The van der Waals surface area contributed by atoms with Crippen LogP contribution >= 0.6 is 0 Å². The number of hydrogen-bond donors (Lipinski definition) is 3. The average molecular weight is 520 g/mol. The summed E-state index contributed by atoms with van der Waals surface area (Å²) in [7, 11) is 4.52. The van der Waals surface area contributed by atoms with Gasteiger partial charge in [-0.15, -0.1) is 0 Å². The summed E-state index contributed by atoms with van der Waals surface area (Å²) < 4.78 is 15.2. The van der Waals surface area contributed by atoms with Gasteiger partial charge in [0.25, 0.3) is 0 Å². The van der Waals surface area contributed by atoms with Gasteiger partial charge in [-0.05, 0) is 43.3 Å². The first-order valence-corrected chi connectivity index (χ1v) is 11.2. The Labute approximate surface area is 215 Å². The van der Waals surface area contributed by atoms with Crippen molar-refractivity contribution in [1.82, 2.24) is 0 Å². The topological polar surface area (TPSA) is 138 Å². The standard InChI is InChI=1S/C25H33N3O9/c1-6-20(8-7-19(2)32-3)26(29)35-17-25(37-28(31)22-11-15-24(34-5)16-12-22)18-36-27(30)21-9-13-23(33-4)14-10-21/h6-16,25-28H,1,17-18H2,2-5H3/b19-7+,20-8+. The number of hydrogen-bond acceptors (Lipinski definition) is 9. The van der Waals surface area contributed by atoms with Crippen LogP contribution in [-0.4, -0.2) is 40.6 Å². The Morgan fingerprint density at radius 2 is 1.32 bits per heavy atom. The molecule has 0 fully saturated rings. The van der Waals surface area contributed by atoms with Gasteiger partial charge in [0, 0.05) is 30.3 Å². The Kier molecular flexibility index (Phi) is 12.7. The molecule has 2 aromatic carbocycles. The van der Waals surface area contributed by atoms with Crippen molar-refractivity contribution in [2.24, 2.45) is 0 Å². The molecule has 0 saturated heterocycles. The molecule has 0 amide bonds. The van der Waals surface area contributed by atoms with Crippen molar-refractivity contribution in [3.05, 3.63) is 100 Å². The largest absolute Gasteiger partial charge is 0.595 e. The van der Waals surface area contributed by atoms with Crippen molar-refractivity contribution < 1.29 is 44.4 Å². The molecule has 0 radical (unpaired) electrons. The van der Waals surface area contributed by atoms with E-state index in [1.54, 1.807) is 37.3 Å². The van der Waals surface area contributed by atoms with E-state index in [0.29, 0.717) is 17.3 Å². The van der Waals surface area contributed by atoms with Crippen molar-refractivity contribution in [3.8, 4) is 11.5 Å². The summed E-state index contributed by atoms with van der Waals surface area (Å²) in [6.07, 6.45) is 3.30. The van der Waals surface area contributed by atoms with E-state index in [2.05, 4.69) is 6.58 Å². The Bertz CT molecular complexity index is 1010. The van der Waals surface area contributed by atoms with Crippen molar-refractivity contribution in [2.75, 3.05) is 34.5 Å². The number of rotatable bonds is 16. The predicted molar refractivity (Wildman–Crippen MR) is 134 cm³/mol. The maximum atomic E-state index is 12.7. The van der Waals surface area contributed by atoms with E-state index < -0.39 is 21.8 Å². The highest BCUT2D eigenvalue weighted by molar-refractivity contribution is 5.36. The fraction of sp³-hybridized carbons (Fsp3) is 0.280. The monoisotopic (exact) mass is 519 g/mol. The molecule has 3 N–H and O–H groups in total. The van der Waals surface area contributed by atoms with Crippen molar-refractivity contribution in [2.45, 2.75) is 13.0 Å². The number of nitrogens with one attached hydrogen (secondary N) is 3. The first kappa shape index (κ1) is 29.9. The molecule has 0 bridgehead atoms. The summed E-state index contributed by atoms with van der Waals surface area (Å²) in [5.41, 5.74) is 0.674. The number of allylic oxidation sites excluding steroid dienone is 4. The molecule has 0 saturated carbocycles. The van der Waals surface area contributed by atoms with E-state index >= 15 is 0 Å². The fourth-order valence-corrected chi connectivity index (χ4v) is 2.79. The first-order valence-electron chi connectivity index (χ1n) is 11.2. The van der Waals surface area contributed by atoms with E-state index in [0.717, 1.165) is 0 Å². The Morgan fingerprint density at radius 1 is 0.811 bits per heavy atom. The number of hydroxylamine groups is 2. The lowest BCUT2D eigenvalue weighted by molar-refractivity contribution is -1.04. The molecule has 2 rings (SSSR count). The van der Waals surface area contributed by atoms with Gasteiger partial charge in [-0.1, -0.05) is 6.58 Å². The molecule has 0 aliphatic carbocycles. The smallest absolute Gasteiger partial charge is 0.176 e. The molecule has 4 unspecified atom stereocenters. The minimum Gasteiger partial charge on any atom is -0.595 e. The Hall–Kier alpha value is -3.30. The molecule has 0 aromatic heterocycles. The van der Waals surface area contributed by atoms with E-state index in [1.165, 1.54) is 57.7 Å². The highest BCUT2D eigenvalue weighted by atomic mass is 16.9. The third kappa shape index (κ3) is 9.93. The molecule has 12 nitrogen and oxygen atoms in total. The van der Waals surface area contributed by atoms with Crippen LogP contribution in [0.5, 0.6) is 11.5 Å². The minimum absolute atomic E-state index is 0.159. The molecule has 37 heavy (non-hydrogen) atoms. The Morgan fingerprint density at radius 3 is 1.81 bits per heavy atom. The highest BCUT2D eigenvalue weighted by Crippen LogP contribution is 2.13. The summed E-state index contributed by atoms with van der Waals surface area (Å²) in [5, 5.41) is 35.6. The van der Waals surface area contributed by atoms with Crippen molar-refractivity contribution >= 4 is 11.4 Å². The van der Waals surface area contributed by atoms with Crippen LogP contribution in [0.15, 0.2) is 84.8 Å². The van der Waals surface area contributed by atoms with E-state index in [4.69, 9.17) is 28.7 Å². The quantitative estimate of drug-likeness (QED) is 0.165. The van der Waals surface area contributed by atoms with Gasteiger partial charge in [0.2, 0.25) is 0 Å². The molecule has 0 heterocycles. The summed E-state index contributed by atoms with van der Waals surface area (Å²) in [6, 6.07) is 12.6. The fourth-order valence-electron chi connectivity index (χ4n) is 2.79. The van der Waals surface area contributed by atoms with Gasteiger partial charge < -0.3 is 29.8 Å². The molecule has 0 aliphatic rings. The van der Waals surface area contributed by atoms with Gasteiger partial charge in [-0.25, -0.2) is 0 Å². The second-order valence-corrected chi connectivity index (χ2v) is 7.49. The van der Waals surface area contributed by atoms with E-state index in [9.17, 15) is 15.6 Å². The van der Waals surface area contributed by atoms with Crippen LogP contribution in [0.2, 0.25) is 0 Å². The SMILES string of the molecule is C=C/C(=C\C=C(/C)OC)[NH+]([O-])OCC(CO[NH+]([O-])c1ccc(OC)cc1)O[NH+]([O-])c1ccc(OC)cc1. The summed E-state index contributed by atoms with van der Waals surface area (Å²) in [5.74, 6) is 1.72.